The molecule has 0 bridgehead atoms. The van der Waals surface area contributed by atoms with Crippen molar-refractivity contribution in [3.05, 3.63) is 41.2 Å². The van der Waals surface area contributed by atoms with Crippen LogP contribution >= 0.6 is 0 Å². The van der Waals surface area contributed by atoms with E-state index in [0.717, 1.165) is 5.70 Å². The smallest absolute Gasteiger partial charge is 0.534 e. The number of benzene rings is 1. The summed E-state index contributed by atoms with van der Waals surface area (Å²) in [5.41, 5.74) is 7.50. The average molecular weight is 517 g/mol. The maximum Gasteiger partial charge on any atom is 0.547 e. The van der Waals surface area contributed by atoms with Crippen LogP contribution in [0.15, 0.2) is 30.1 Å². The van der Waals surface area contributed by atoms with Gasteiger partial charge in [-0.3, -0.25) is 14.6 Å². The van der Waals surface area contributed by atoms with Gasteiger partial charge in [-0.2, -0.15) is 0 Å². The van der Waals surface area contributed by atoms with Crippen molar-refractivity contribution < 1.29 is 33.5 Å². The number of hydrogen-bond donors (Lipinski definition) is 5. The van der Waals surface area contributed by atoms with E-state index < -0.39 is 31.8 Å². The molecule has 5 N–H and O–H groups in total. The van der Waals surface area contributed by atoms with Crippen LogP contribution in [0, 0.1) is 5.92 Å². The van der Waals surface area contributed by atoms with Crippen LogP contribution < -0.4 is 26.2 Å². The van der Waals surface area contributed by atoms with E-state index in [0.29, 0.717) is 31.0 Å². The van der Waals surface area contributed by atoms with Gasteiger partial charge in [0.2, 0.25) is 12.7 Å². The number of hydrazine groups is 2. The Morgan fingerprint density at radius 1 is 1.24 bits per heavy atom. The van der Waals surface area contributed by atoms with Gasteiger partial charge in [0.15, 0.2) is 0 Å². The number of nitrogens with zero attached hydrogens (tertiary/aromatic N) is 1. The molecule has 0 aromatic heterocycles. The quantitative estimate of drug-likeness (QED) is 0.149. The molecule has 1 atom stereocenters. The van der Waals surface area contributed by atoms with Crippen LogP contribution in [-0.2, 0) is 25.5 Å². The van der Waals surface area contributed by atoms with Gasteiger partial charge >= 0.3 is 19.1 Å². The summed E-state index contributed by atoms with van der Waals surface area (Å²) in [6.07, 6.45) is 3.31. The Labute approximate surface area is 217 Å². The molecule has 2 aliphatic rings. The highest BCUT2D eigenvalue weighted by atomic mass is 16.7. The minimum atomic E-state index is -1.37. The van der Waals surface area contributed by atoms with Crippen LogP contribution in [0.25, 0.3) is 0 Å². The summed E-state index contributed by atoms with van der Waals surface area (Å²) in [7, 11) is -1.37. The van der Waals surface area contributed by atoms with E-state index in [1.54, 1.807) is 23.3 Å². The van der Waals surface area contributed by atoms with Crippen LogP contribution in [0.2, 0.25) is 0 Å². The molecular weight excluding hydrogens is 481 g/mol. The second-order valence-corrected chi connectivity index (χ2v) is 9.26. The Bertz CT molecular complexity index is 1000. The van der Waals surface area contributed by atoms with Gasteiger partial charge in [-0.1, -0.05) is 39.8 Å². The van der Waals surface area contributed by atoms with E-state index in [2.05, 4.69) is 21.6 Å². The first-order chi connectivity index (χ1) is 17.7. The molecule has 0 radical (unpaired) electrons. The normalized spacial score (nSPS) is 16.6. The van der Waals surface area contributed by atoms with Crippen LogP contribution in [0.1, 0.15) is 56.5 Å². The number of fused-ring (bicyclic) bond motifs is 1. The fraction of sp³-hybridized carbons (Fsp3) is 0.542. The third-order valence-electron chi connectivity index (χ3n) is 6.08. The molecule has 0 saturated heterocycles. The molecule has 0 fully saturated rings. The molecule has 2 aliphatic heterocycles. The monoisotopic (exact) mass is 517 g/mol. The van der Waals surface area contributed by atoms with Gasteiger partial charge in [0, 0.05) is 18.8 Å². The molecule has 37 heavy (non-hydrogen) atoms. The zero-order chi connectivity index (χ0) is 26.9. The Morgan fingerprint density at radius 2 is 2.00 bits per heavy atom. The second kappa shape index (κ2) is 13.3. The molecule has 13 heteroatoms. The molecular formula is C24H36BN5O7. The minimum absolute atomic E-state index is 0.0102. The Hall–Kier alpha value is -3.29. The third kappa shape index (κ3) is 7.85. The number of carbonyl (C=O) groups excluding carboxylic acids is 3. The van der Waals surface area contributed by atoms with Crippen molar-refractivity contribution in [2.45, 2.75) is 58.9 Å². The number of esters is 2. The Kier molecular flexibility index (Phi) is 10.2. The van der Waals surface area contributed by atoms with E-state index in [1.807, 2.05) is 27.7 Å². The van der Waals surface area contributed by atoms with E-state index >= 15 is 0 Å². The topological polar surface area (TPSA) is 150 Å². The second-order valence-electron chi connectivity index (χ2n) is 9.26. The van der Waals surface area contributed by atoms with Gasteiger partial charge in [0.05, 0.1) is 17.6 Å². The summed E-state index contributed by atoms with van der Waals surface area (Å²) >= 11 is 0. The van der Waals surface area contributed by atoms with Gasteiger partial charge in [0.1, 0.15) is 17.9 Å². The molecule has 3 rings (SSSR count). The lowest BCUT2D eigenvalue weighted by Gasteiger charge is -2.29. The van der Waals surface area contributed by atoms with Gasteiger partial charge in [0.25, 0.3) is 0 Å². The maximum atomic E-state index is 12.6. The maximum absolute atomic E-state index is 12.6. The van der Waals surface area contributed by atoms with Crippen molar-refractivity contribution in [2.75, 3.05) is 19.9 Å². The van der Waals surface area contributed by atoms with Crippen molar-refractivity contribution in [3.63, 3.8) is 0 Å². The Morgan fingerprint density at radius 3 is 2.70 bits per heavy atom. The van der Waals surface area contributed by atoms with Crippen LogP contribution in [0.3, 0.4) is 0 Å². The molecule has 0 aliphatic carbocycles. The summed E-state index contributed by atoms with van der Waals surface area (Å²) in [6.45, 7) is 7.98. The number of ether oxygens (including phenoxy) is 2. The van der Waals surface area contributed by atoms with Crippen LogP contribution in [0.4, 0.5) is 0 Å². The summed E-state index contributed by atoms with van der Waals surface area (Å²) in [5.74, 6) is -2.27. The number of nitrogens with one attached hydrogen (secondary N) is 4. The molecule has 202 valence electrons. The van der Waals surface area contributed by atoms with Gasteiger partial charge in [-0.25, -0.2) is 4.79 Å². The van der Waals surface area contributed by atoms with Gasteiger partial charge in [-0.05, 0) is 30.9 Å². The third-order valence-corrected chi connectivity index (χ3v) is 6.08. The summed E-state index contributed by atoms with van der Waals surface area (Å²) in [6, 6.07) is 5.23. The lowest BCUT2D eigenvalue weighted by molar-refractivity contribution is -0.157. The highest BCUT2D eigenvalue weighted by molar-refractivity contribution is 6.47. The number of carbonyl (C=O) groups is 3. The highest BCUT2D eigenvalue weighted by Gasteiger charge is 2.38. The summed E-state index contributed by atoms with van der Waals surface area (Å²) < 4.78 is 15.8. The first-order valence-corrected chi connectivity index (χ1v) is 12.5. The van der Waals surface area contributed by atoms with Crippen LogP contribution in [0.5, 0.6) is 5.75 Å². The zero-order valence-corrected chi connectivity index (χ0v) is 21.7. The van der Waals surface area contributed by atoms with Crippen molar-refractivity contribution >= 4 is 25.0 Å². The summed E-state index contributed by atoms with van der Waals surface area (Å²) in [4.78, 5) is 37.2. The molecule has 1 aromatic rings. The largest absolute Gasteiger partial charge is 0.547 e. The fourth-order valence-electron chi connectivity index (χ4n) is 3.96. The van der Waals surface area contributed by atoms with Gasteiger partial charge < -0.3 is 35.2 Å². The van der Waals surface area contributed by atoms with Gasteiger partial charge in [-0.15, -0.1) is 5.53 Å². The number of rotatable bonds is 12. The van der Waals surface area contributed by atoms with Crippen LogP contribution in [-0.4, -0.2) is 66.9 Å². The highest BCUT2D eigenvalue weighted by Crippen LogP contribution is 2.30. The van der Waals surface area contributed by atoms with E-state index in [-0.39, 0.29) is 36.1 Å². The molecule has 0 unspecified atom stereocenters. The van der Waals surface area contributed by atoms with E-state index in [4.69, 9.17) is 14.1 Å². The average Bonchev–Trinajstić information content (AvgIpc) is 3.30. The minimum Gasteiger partial charge on any atom is -0.534 e. The fourth-order valence-corrected chi connectivity index (χ4v) is 3.96. The zero-order valence-electron chi connectivity index (χ0n) is 21.7. The van der Waals surface area contributed by atoms with Crippen molar-refractivity contribution in [3.8, 4) is 5.75 Å². The van der Waals surface area contributed by atoms with E-state index in [1.165, 1.54) is 6.07 Å². The molecule has 0 spiro atoms. The Balaban J connectivity index is 1.54. The number of hydrogen-bond acceptors (Lipinski definition) is 11. The summed E-state index contributed by atoms with van der Waals surface area (Å²) in [5, 5.41) is 18.2. The molecule has 1 aromatic carbocycles. The number of amides is 1. The SMILES string of the molecule is CCC(CC)C(=O)OCOC(=O)c1cccc2c1OB(O)[C@@H](NC(=O)CN1C=C(CNC(C)C)NN1)C2. The molecule has 0 saturated carbocycles. The van der Waals surface area contributed by atoms with Crippen molar-refractivity contribution in [1.29, 1.82) is 0 Å². The number of para-hydroxylation sites is 1. The lowest BCUT2D eigenvalue weighted by Crippen LogP contribution is -2.55. The van der Waals surface area contributed by atoms with Crippen molar-refractivity contribution in [2.24, 2.45) is 5.92 Å². The molecule has 2 heterocycles. The predicted octanol–water partition coefficient (Wildman–Crippen LogP) is 0.384. The van der Waals surface area contributed by atoms with E-state index in [9.17, 15) is 19.4 Å². The standard InChI is InChI=1S/C24H36BN5O7/c1-5-16(6-2)23(32)35-14-36-24(33)19-9-7-8-17-10-20(25(34)37-22(17)19)27-21(31)13-30-12-18(28-29-30)11-26-15(3)4/h7-9,12,15-16,20,26,28-29,34H,5-6,10-11,13-14H2,1-4H3,(H,27,31)/t20-/m0/s1. The van der Waals surface area contributed by atoms with Crippen molar-refractivity contribution in [1.82, 2.24) is 26.6 Å². The molecule has 1 amide bonds. The lowest BCUT2D eigenvalue weighted by atomic mass is 9.72. The first kappa shape index (κ1) is 28.3. The first-order valence-electron chi connectivity index (χ1n) is 12.5. The molecule has 12 nitrogen and oxygen atoms in total. The predicted molar refractivity (Wildman–Crippen MR) is 135 cm³/mol.